The van der Waals surface area contributed by atoms with E-state index in [2.05, 4.69) is 27.3 Å². The number of piperazine rings is 1. The van der Waals surface area contributed by atoms with Gasteiger partial charge in [0.05, 0.1) is 12.8 Å². The lowest BCUT2D eigenvalue weighted by Crippen LogP contribution is -2.49. The Morgan fingerprint density at radius 1 is 1.19 bits per heavy atom. The Labute approximate surface area is 153 Å². The predicted molar refractivity (Wildman–Crippen MR) is 99.2 cm³/mol. The van der Waals surface area contributed by atoms with Crippen LogP contribution in [-0.4, -0.2) is 66.0 Å². The van der Waals surface area contributed by atoms with Gasteiger partial charge in [0, 0.05) is 39.8 Å². The van der Waals surface area contributed by atoms with Gasteiger partial charge in [0.2, 0.25) is 5.95 Å². The van der Waals surface area contributed by atoms with Gasteiger partial charge in [-0.1, -0.05) is 30.3 Å². The Morgan fingerprint density at radius 3 is 2.62 bits per heavy atom. The molecule has 1 aromatic heterocycles. The Bertz CT molecular complexity index is 719. The highest BCUT2D eigenvalue weighted by Crippen LogP contribution is 2.16. The number of ether oxygens (including phenoxy) is 1. The molecule has 138 valence electrons. The van der Waals surface area contributed by atoms with Crippen molar-refractivity contribution in [3.63, 3.8) is 0 Å². The molecule has 1 amide bonds. The molecule has 2 aromatic rings. The molecule has 1 aliphatic heterocycles. The van der Waals surface area contributed by atoms with E-state index in [0.717, 1.165) is 12.4 Å². The molecule has 0 N–H and O–H groups in total. The highest BCUT2D eigenvalue weighted by Gasteiger charge is 2.24. The molecule has 0 bridgehead atoms. The van der Waals surface area contributed by atoms with E-state index in [-0.39, 0.29) is 6.09 Å². The van der Waals surface area contributed by atoms with E-state index >= 15 is 0 Å². The Hall–Kier alpha value is -2.90. The van der Waals surface area contributed by atoms with Gasteiger partial charge in [0.1, 0.15) is 0 Å². The normalized spacial score (nSPS) is 14.2. The van der Waals surface area contributed by atoms with Gasteiger partial charge in [-0.15, -0.1) is 5.10 Å². The van der Waals surface area contributed by atoms with Crippen LogP contribution in [0.4, 0.5) is 16.6 Å². The van der Waals surface area contributed by atoms with Crippen molar-refractivity contribution in [2.24, 2.45) is 0 Å². The predicted octanol–water partition coefficient (Wildman–Crippen LogP) is 1.79. The summed E-state index contributed by atoms with van der Waals surface area (Å²) >= 11 is 0. The number of carbonyl (C=O) groups is 1. The summed E-state index contributed by atoms with van der Waals surface area (Å²) in [5, 5.41) is 8.27. The Balaban J connectivity index is 1.62. The lowest BCUT2D eigenvalue weighted by atomic mass is 10.2. The van der Waals surface area contributed by atoms with Crippen molar-refractivity contribution in [3.05, 3.63) is 42.1 Å². The fourth-order valence-electron chi connectivity index (χ4n) is 2.85. The molecule has 8 heteroatoms. The van der Waals surface area contributed by atoms with Crippen molar-refractivity contribution in [1.29, 1.82) is 0 Å². The van der Waals surface area contributed by atoms with Crippen LogP contribution in [0.1, 0.15) is 12.5 Å². The van der Waals surface area contributed by atoms with Crippen LogP contribution in [0, 0.1) is 0 Å². The molecule has 0 aliphatic carbocycles. The maximum atomic E-state index is 11.8. The number of hydrogen-bond donors (Lipinski definition) is 0. The molecule has 1 aromatic carbocycles. The third-order valence-corrected chi connectivity index (χ3v) is 4.28. The third-order valence-electron chi connectivity index (χ3n) is 4.28. The number of nitrogens with zero attached hydrogens (tertiary/aromatic N) is 6. The van der Waals surface area contributed by atoms with Crippen molar-refractivity contribution in [2.45, 2.75) is 13.5 Å². The van der Waals surface area contributed by atoms with Gasteiger partial charge in [-0.05, 0) is 12.5 Å². The molecular formula is C18H24N6O2. The van der Waals surface area contributed by atoms with E-state index < -0.39 is 0 Å². The second-order valence-corrected chi connectivity index (χ2v) is 6.13. The molecule has 0 unspecified atom stereocenters. The van der Waals surface area contributed by atoms with Crippen molar-refractivity contribution in [2.75, 3.05) is 49.6 Å². The van der Waals surface area contributed by atoms with Gasteiger partial charge >= 0.3 is 6.09 Å². The number of carbonyl (C=O) groups excluding carboxylic acids is 1. The van der Waals surface area contributed by atoms with Gasteiger partial charge in [-0.25, -0.2) is 4.79 Å². The Kier molecular flexibility index (Phi) is 5.83. The van der Waals surface area contributed by atoms with Gasteiger partial charge < -0.3 is 19.4 Å². The van der Waals surface area contributed by atoms with Gasteiger partial charge in [0.25, 0.3) is 0 Å². The third kappa shape index (κ3) is 4.38. The quantitative estimate of drug-likeness (QED) is 0.808. The zero-order chi connectivity index (χ0) is 18.4. The highest BCUT2D eigenvalue weighted by atomic mass is 16.6. The summed E-state index contributed by atoms with van der Waals surface area (Å²) in [6.45, 7) is 5.44. The van der Waals surface area contributed by atoms with Gasteiger partial charge in [0.15, 0.2) is 5.82 Å². The SMILES string of the molecule is CCOC(=O)N1CCN(c2nncc(N(C)Cc3ccccc3)n2)CC1. The van der Waals surface area contributed by atoms with Crippen molar-refractivity contribution < 1.29 is 9.53 Å². The number of rotatable bonds is 5. The summed E-state index contributed by atoms with van der Waals surface area (Å²) < 4.78 is 5.05. The second kappa shape index (κ2) is 8.46. The highest BCUT2D eigenvalue weighted by molar-refractivity contribution is 5.68. The first-order valence-electron chi connectivity index (χ1n) is 8.79. The molecule has 0 saturated carbocycles. The molecule has 0 radical (unpaired) electrons. The van der Waals surface area contributed by atoms with E-state index in [1.165, 1.54) is 5.56 Å². The minimum absolute atomic E-state index is 0.262. The topological polar surface area (TPSA) is 74.7 Å². The average molecular weight is 356 g/mol. The summed E-state index contributed by atoms with van der Waals surface area (Å²) in [5.74, 6) is 1.36. The van der Waals surface area contributed by atoms with Gasteiger partial charge in [-0.2, -0.15) is 10.1 Å². The first-order valence-corrected chi connectivity index (χ1v) is 8.79. The fourth-order valence-corrected chi connectivity index (χ4v) is 2.85. The largest absolute Gasteiger partial charge is 0.450 e. The maximum absolute atomic E-state index is 11.8. The molecule has 0 spiro atoms. The molecule has 1 aliphatic rings. The average Bonchev–Trinajstić information content (AvgIpc) is 2.69. The Morgan fingerprint density at radius 2 is 1.92 bits per heavy atom. The molecule has 1 saturated heterocycles. The summed E-state index contributed by atoms with van der Waals surface area (Å²) in [4.78, 5) is 22.2. The molecule has 3 rings (SSSR count). The summed E-state index contributed by atoms with van der Waals surface area (Å²) in [7, 11) is 1.99. The smallest absolute Gasteiger partial charge is 0.409 e. The molecule has 0 atom stereocenters. The van der Waals surface area contributed by atoms with Crippen LogP contribution in [-0.2, 0) is 11.3 Å². The first kappa shape index (κ1) is 17.9. The van der Waals surface area contributed by atoms with Crippen molar-refractivity contribution in [3.8, 4) is 0 Å². The molecule has 1 fully saturated rings. The zero-order valence-electron chi connectivity index (χ0n) is 15.2. The summed E-state index contributed by atoms with van der Waals surface area (Å²) in [5.41, 5.74) is 1.21. The lowest BCUT2D eigenvalue weighted by Gasteiger charge is -2.34. The number of amides is 1. The molecule has 8 nitrogen and oxygen atoms in total. The minimum atomic E-state index is -0.262. The second-order valence-electron chi connectivity index (χ2n) is 6.13. The molecule has 2 heterocycles. The minimum Gasteiger partial charge on any atom is -0.450 e. The monoisotopic (exact) mass is 356 g/mol. The van der Waals surface area contributed by atoms with Crippen LogP contribution in [0.5, 0.6) is 0 Å². The van der Waals surface area contributed by atoms with E-state index in [4.69, 9.17) is 4.74 Å². The van der Waals surface area contributed by atoms with Crippen LogP contribution in [0.2, 0.25) is 0 Å². The molecule has 26 heavy (non-hydrogen) atoms. The van der Waals surface area contributed by atoms with Crippen LogP contribution in [0.3, 0.4) is 0 Å². The van der Waals surface area contributed by atoms with E-state index in [0.29, 0.717) is 38.7 Å². The standard InChI is InChI=1S/C18H24N6O2/c1-3-26-18(25)24-11-9-23(10-12-24)17-20-16(13-19-21-17)22(2)14-15-7-5-4-6-8-15/h4-8,13H,3,9-12,14H2,1-2H3. The number of aromatic nitrogens is 3. The van der Waals surface area contributed by atoms with E-state index in [9.17, 15) is 4.79 Å². The van der Waals surface area contributed by atoms with Crippen molar-refractivity contribution in [1.82, 2.24) is 20.1 Å². The summed E-state index contributed by atoms with van der Waals surface area (Å²) in [6, 6.07) is 10.2. The lowest BCUT2D eigenvalue weighted by molar-refractivity contribution is 0.105. The van der Waals surface area contributed by atoms with Crippen LogP contribution < -0.4 is 9.80 Å². The number of benzene rings is 1. The van der Waals surface area contributed by atoms with Crippen LogP contribution in [0.25, 0.3) is 0 Å². The van der Waals surface area contributed by atoms with Gasteiger partial charge in [-0.3, -0.25) is 0 Å². The zero-order valence-corrected chi connectivity index (χ0v) is 15.2. The number of anilines is 2. The number of hydrogen-bond acceptors (Lipinski definition) is 7. The summed E-state index contributed by atoms with van der Waals surface area (Å²) in [6.07, 6.45) is 1.41. The first-order chi connectivity index (χ1) is 12.7. The van der Waals surface area contributed by atoms with Crippen LogP contribution in [0.15, 0.2) is 36.5 Å². The fraction of sp³-hybridized carbons (Fsp3) is 0.444. The molecular weight excluding hydrogens is 332 g/mol. The van der Waals surface area contributed by atoms with Crippen LogP contribution >= 0.6 is 0 Å². The van der Waals surface area contributed by atoms with E-state index in [1.54, 1.807) is 11.1 Å². The maximum Gasteiger partial charge on any atom is 0.409 e. The van der Waals surface area contributed by atoms with E-state index in [1.807, 2.05) is 42.0 Å². The van der Waals surface area contributed by atoms with Crippen molar-refractivity contribution >= 4 is 17.9 Å².